The van der Waals surface area contributed by atoms with E-state index in [4.69, 9.17) is 4.74 Å². The Morgan fingerprint density at radius 2 is 1.60 bits per heavy atom. The number of aryl methyl sites for hydroxylation is 1. The lowest BCUT2D eigenvalue weighted by Crippen LogP contribution is -2.65. The highest BCUT2D eigenvalue weighted by Gasteiger charge is 2.49. The summed E-state index contributed by atoms with van der Waals surface area (Å²) in [4.78, 5) is 25.8. The van der Waals surface area contributed by atoms with Crippen LogP contribution < -0.4 is 15.0 Å². The molecule has 2 aromatic carbocycles. The Morgan fingerprint density at radius 1 is 0.967 bits per heavy atom. The zero-order valence-electron chi connectivity index (χ0n) is 17.3. The molecule has 2 unspecified atom stereocenters. The summed E-state index contributed by atoms with van der Waals surface area (Å²) in [5.74, 6) is 0.438. The van der Waals surface area contributed by atoms with Gasteiger partial charge in [-0.2, -0.15) is 0 Å². The second-order valence-corrected chi connectivity index (χ2v) is 7.52. The van der Waals surface area contributed by atoms with E-state index in [0.29, 0.717) is 0 Å². The van der Waals surface area contributed by atoms with Gasteiger partial charge in [-0.1, -0.05) is 48.0 Å². The van der Waals surface area contributed by atoms with Crippen molar-refractivity contribution in [1.29, 1.82) is 0 Å². The number of amides is 2. The number of hydrogen-bond acceptors (Lipinski definition) is 3. The van der Waals surface area contributed by atoms with Gasteiger partial charge >= 0.3 is 0 Å². The minimum Gasteiger partial charge on any atom is -0.497 e. The summed E-state index contributed by atoms with van der Waals surface area (Å²) in [5.41, 5.74) is 5.76. The maximum absolute atomic E-state index is 12.6. The van der Waals surface area contributed by atoms with Crippen molar-refractivity contribution in [2.24, 2.45) is 0 Å². The summed E-state index contributed by atoms with van der Waals surface area (Å²) in [5, 5.41) is 2.76. The minimum absolute atomic E-state index is 0.102. The first-order valence-corrected chi connectivity index (χ1v) is 9.89. The maximum atomic E-state index is 12.6. The smallest absolute Gasteiger partial charge is 0.252 e. The fourth-order valence-corrected chi connectivity index (χ4v) is 3.66. The van der Waals surface area contributed by atoms with E-state index in [0.717, 1.165) is 22.6 Å². The molecule has 2 aromatic rings. The number of hydrogen-bond donors (Lipinski definition) is 1. The minimum atomic E-state index is -0.544. The van der Waals surface area contributed by atoms with Crippen molar-refractivity contribution in [3.63, 3.8) is 0 Å². The topological polar surface area (TPSA) is 58.6 Å². The highest BCUT2D eigenvalue weighted by atomic mass is 16.5. The Morgan fingerprint density at radius 3 is 2.07 bits per heavy atom. The SMILES string of the molecule is COc1ccc(C2C(NC(C)=O)C(=O)N2c2ccc(C)cc2)cc1.c1cc2cc-2c1. The predicted octanol–water partition coefficient (Wildman–Crippen LogP) is 4.26. The van der Waals surface area contributed by atoms with E-state index < -0.39 is 6.04 Å². The Bertz CT molecular complexity index is 1060. The fraction of sp³-hybridized carbons (Fsp3) is 0.200. The molecular formula is C25H24N2O3. The number of methoxy groups -OCH3 is 1. The normalized spacial score (nSPS) is 18.0. The van der Waals surface area contributed by atoms with E-state index >= 15 is 0 Å². The van der Waals surface area contributed by atoms with Gasteiger partial charge in [0.1, 0.15) is 11.8 Å². The average molecular weight is 400 g/mol. The molecule has 1 saturated heterocycles. The number of anilines is 1. The first-order valence-electron chi connectivity index (χ1n) is 9.89. The predicted molar refractivity (Wildman–Crippen MR) is 117 cm³/mol. The molecule has 1 fully saturated rings. The number of carbonyl (C=O) groups excluding carboxylic acids is 2. The third kappa shape index (κ3) is 3.92. The van der Waals surface area contributed by atoms with E-state index in [1.54, 1.807) is 12.0 Å². The summed E-state index contributed by atoms with van der Waals surface area (Å²) in [6.07, 6.45) is 0. The molecule has 0 radical (unpaired) electrons. The van der Waals surface area contributed by atoms with E-state index in [-0.39, 0.29) is 17.9 Å². The highest BCUT2D eigenvalue weighted by molar-refractivity contribution is 6.07. The molecule has 2 atom stereocenters. The number of nitrogens with one attached hydrogen (secondary N) is 1. The van der Waals surface area contributed by atoms with Crippen LogP contribution in [0, 0.1) is 6.92 Å². The van der Waals surface area contributed by atoms with Crippen molar-refractivity contribution < 1.29 is 14.3 Å². The van der Waals surface area contributed by atoms with Gasteiger partial charge < -0.3 is 15.0 Å². The lowest BCUT2D eigenvalue weighted by molar-refractivity contribution is -0.132. The van der Waals surface area contributed by atoms with Gasteiger partial charge in [0, 0.05) is 12.6 Å². The van der Waals surface area contributed by atoms with Crippen LogP contribution in [0.2, 0.25) is 0 Å². The quantitative estimate of drug-likeness (QED) is 0.521. The highest BCUT2D eigenvalue weighted by Crippen LogP contribution is 2.39. The van der Waals surface area contributed by atoms with Crippen LogP contribution >= 0.6 is 0 Å². The fourth-order valence-electron chi connectivity index (χ4n) is 3.66. The summed E-state index contributed by atoms with van der Waals surface area (Å²) in [6.45, 7) is 3.43. The van der Waals surface area contributed by atoms with Crippen LogP contribution in [0.4, 0.5) is 5.69 Å². The summed E-state index contributed by atoms with van der Waals surface area (Å²) < 4.78 is 5.19. The molecule has 152 valence electrons. The first-order chi connectivity index (χ1) is 14.5. The Labute approximate surface area is 176 Å². The Balaban J connectivity index is 0.000000305. The summed E-state index contributed by atoms with van der Waals surface area (Å²) in [6, 6.07) is 23.1. The molecule has 1 aliphatic heterocycles. The molecule has 0 bridgehead atoms. The van der Waals surface area contributed by atoms with Gasteiger partial charge in [0.25, 0.3) is 5.91 Å². The van der Waals surface area contributed by atoms with Crippen LogP contribution in [0.1, 0.15) is 24.1 Å². The molecule has 0 spiro atoms. The van der Waals surface area contributed by atoms with Gasteiger partial charge in [-0.05, 0) is 53.9 Å². The Hall–Kier alpha value is -3.60. The maximum Gasteiger partial charge on any atom is 0.252 e. The average Bonchev–Trinajstić information content (AvgIpc) is 3.36. The number of nitrogens with zero attached hydrogens (tertiary/aromatic N) is 1. The van der Waals surface area contributed by atoms with E-state index in [2.05, 4.69) is 29.6 Å². The standard InChI is InChI=1S/C19H20N2O3.C6H4/c1-12-4-8-15(9-5-12)21-18(17(19(21)23)20-13(2)22)14-6-10-16(24-3)11-7-14;1-2-5-4-6(5)3-1/h4-11,17-18H,1-3H3,(H,20,22);1-4H. The van der Waals surface area contributed by atoms with Crippen molar-refractivity contribution in [3.05, 3.63) is 83.9 Å². The number of ether oxygens (including phenoxy) is 1. The van der Waals surface area contributed by atoms with Crippen LogP contribution in [-0.4, -0.2) is 25.0 Å². The second-order valence-electron chi connectivity index (χ2n) is 7.52. The van der Waals surface area contributed by atoms with Gasteiger partial charge in [0.15, 0.2) is 0 Å². The van der Waals surface area contributed by atoms with Crippen LogP contribution in [0.3, 0.4) is 0 Å². The number of fused-ring (bicyclic) bond motifs is 1. The molecule has 5 heteroatoms. The number of carbonyl (C=O) groups is 2. The summed E-state index contributed by atoms with van der Waals surface area (Å²) in [7, 11) is 1.61. The largest absolute Gasteiger partial charge is 0.497 e. The number of rotatable bonds is 4. The third-order valence-corrected chi connectivity index (χ3v) is 5.34. The van der Waals surface area contributed by atoms with Gasteiger partial charge in [0.05, 0.1) is 13.2 Å². The van der Waals surface area contributed by atoms with Crippen molar-refractivity contribution >= 4 is 17.5 Å². The van der Waals surface area contributed by atoms with Crippen molar-refractivity contribution in [2.45, 2.75) is 25.9 Å². The lowest BCUT2D eigenvalue weighted by atomic mass is 9.87. The lowest BCUT2D eigenvalue weighted by Gasteiger charge is -2.47. The number of β-lactam (4-membered cyclic amide) rings is 1. The van der Waals surface area contributed by atoms with Crippen molar-refractivity contribution in [1.82, 2.24) is 5.32 Å². The molecule has 2 aliphatic carbocycles. The zero-order chi connectivity index (χ0) is 21.3. The molecule has 30 heavy (non-hydrogen) atoms. The molecule has 0 aromatic heterocycles. The molecule has 5 nitrogen and oxygen atoms in total. The van der Waals surface area contributed by atoms with Crippen LogP contribution in [0.25, 0.3) is 11.1 Å². The van der Waals surface area contributed by atoms with Gasteiger partial charge in [-0.15, -0.1) is 0 Å². The molecule has 1 N–H and O–H groups in total. The molecular weight excluding hydrogens is 376 g/mol. The summed E-state index contributed by atoms with van der Waals surface area (Å²) >= 11 is 0. The molecule has 1 heterocycles. The van der Waals surface area contributed by atoms with Gasteiger partial charge in [-0.25, -0.2) is 0 Å². The first kappa shape index (κ1) is 19.7. The van der Waals surface area contributed by atoms with Gasteiger partial charge in [0.2, 0.25) is 5.91 Å². The van der Waals surface area contributed by atoms with Crippen LogP contribution in [0.5, 0.6) is 5.75 Å². The Kier molecular flexibility index (Phi) is 5.27. The molecule has 0 saturated carbocycles. The molecule has 5 rings (SSSR count). The monoisotopic (exact) mass is 400 g/mol. The van der Waals surface area contributed by atoms with Gasteiger partial charge in [-0.3, -0.25) is 9.59 Å². The van der Waals surface area contributed by atoms with Crippen LogP contribution in [-0.2, 0) is 9.59 Å². The van der Waals surface area contributed by atoms with E-state index in [9.17, 15) is 9.59 Å². The van der Waals surface area contributed by atoms with Crippen LogP contribution in [0.15, 0.2) is 72.8 Å². The van der Waals surface area contributed by atoms with Crippen molar-refractivity contribution in [2.75, 3.05) is 12.0 Å². The van der Waals surface area contributed by atoms with E-state index in [1.807, 2.05) is 55.5 Å². The van der Waals surface area contributed by atoms with E-state index in [1.165, 1.54) is 18.1 Å². The molecule has 2 amide bonds. The zero-order valence-corrected chi connectivity index (χ0v) is 17.3. The second kappa shape index (κ2) is 8.03. The third-order valence-electron chi connectivity index (χ3n) is 5.34. The number of benzene rings is 3. The van der Waals surface area contributed by atoms with Crippen molar-refractivity contribution in [3.8, 4) is 16.9 Å². The molecule has 3 aliphatic rings.